The number of amides is 1. The molecule has 2 heterocycles. The van der Waals surface area contributed by atoms with Crippen LogP contribution in [0.1, 0.15) is 52.2 Å². The standard InChI is InChI=1S/C28H25BrN2O2S/c29-20-14-12-19(13-15-20)24-17-16-22(33-24)18-30-28-26(27(32)31-21-8-4-3-5-9-21)23-10-6-1-2-7-11-25(23)34-28/h3-5,8-9,12-18H,1-2,6-7,10-11H2,(H,31,32). The molecule has 2 aromatic carbocycles. The summed E-state index contributed by atoms with van der Waals surface area (Å²) in [5, 5.41) is 3.82. The Hall–Kier alpha value is -2.96. The van der Waals surface area contributed by atoms with Crippen LogP contribution in [0.2, 0.25) is 0 Å². The van der Waals surface area contributed by atoms with Gasteiger partial charge < -0.3 is 9.73 Å². The zero-order chi connectivity index (χ0) is 23.3. The van der Waals surface area contributed by atoms with Crippen LogP contribution in [0.15, 0.2) is 80.6 Å². The quantitative estimate of drug-likeness (QED) is 0.262. The molecule has 1 amide bonds. The van der Waals surface area contributed by atoms with E-state index in [1.54, 1.807) is 17.6 Å². The molecule has 0 fully saturated rings. The summed E-state index contributed by atoms with van der Waals surface area (Å²) < 4.78 is 7.04. The number of hydrogen-bond acceptors (Lipinski definition) is 4. The molecule has 4 nitrogen and oxygen atoms in total. The monoisotopic (exact) mass is 532 g/mol. The molecule has 0 saturated carbocycles. The first-order valence-electron chi connectivity index (χ1n) is 11.6. The minimum absolute atomic E-state index is 0.0913. The van der Waals surface area contributed by atoms with Crippen molar-refractivity contribution in [3.05, 3.63) is 93.0 Å². The van der Waals surface area contributed by atoms with Gasteiger partial charge in [0.05, 0.1) is 11.8 Å². The number of aliphatic imine (C=N–C) groups is 1. The number of furan rings is 1. The molecule has 5 rings (SSSR count). The molecule has 0 saturated heterocycles. The van der Waals surface area contributed by atoms with Gasteiger partial charge in [0.2, 0.25) is 0 Å². The van der Waals surface area contributed by atoms with Crippen LogP contribution in [-0.2, 0) is 12.8 Å². The van der Waals surface area contributed by atoms with Crippen molar-refractivity contribution in [2.45, 2.75) is 38.5 Å². The van der Waals surface area contributed by atoms with Crippen LogP contribution in [0.3, 0.4) is 0 Å². The van der Waals surface area contributed by atoms with Gasteiger partial charge in [0.1, 0.15) is 16.5 Å². The third kappa shape index (κ3) is 5.24. The molecule has 0 radical (unpaired) electrons. The summed E-state index contributed by atoms with van der Waals surface area (Å²) in [6.07, 6.45) is 8.37. The van der Waals surface area contributed by atoms with Gasteiger partial charge in [-0.3, -0.25) is 4.79 Å². The predicted molar refractivity (Wildman–Crippen MR) is 144 cm³/mol. The van der Waals surface area contributed by atoms with Crippen LogP contribution in [-0.4, -0.2) is 12.1 Å². The highest BCUT2D eigenvalue weighted by Gasteiger charge is 2.24. The number of thiophene rings is 1. The molecule has 0 unspecified atom stereocenters. The normalized spacial score (nSPS) is 13.9. The molecule has 0 spiro atoms. The van der Waals surface area contributed by atoms with E-state index in [-0.39, 0.29) is 5.91 Å². The number of carbonyl (C=O) groups is 1. The van der Waals surface area contributed by atoms with Crippen molar-refractivity contribution in [3.63, 3.8) is 0 Å². The number of para-hydroxylation sites is 1. The van der Waals surface area contributed by atoms with Crippen molar-refractivity contribution in [2.75, 3.05) is 5.32 Å². The van der Waals surface area contributed by atoms with Crippen molar-refractivity contribution in [3.8, 4) is 11.3 Å². The summed E-state index contributed by atoms with van der Waals surface area (Å²) in [7, 11) is 0. The predicted octanol–water partition coefficient (Wildman–Crippen LogP) is 8.43. The van der Waals surface area contributed by atoms with Crippen molar-refractivity contribution >= 4 is 50.1 Å². The van der Waals surface area contributed by atoms with Gasteiger partial charge in [0.15, 0.2) is 0 Å². The van der Waals surface area contributed by atoms with Crippen molar-refractivity contribution in [2.24, 2.45) is 4.99 Å². The van der Waals surface area contributed by atoms with Crippen LogP contribution >= 0.6 is 27.3 Å². The zero-order valence-electron chi connectivity index (χ0n) is 18.7. The molecule has 2 aromatic heterocycles. The SMILES string of the molecule is O=C(Nc1ccccc1)c1c(N=Cc2ccc(-c3ccc(Br)cc3)o2)sc2c1CCCCCC2. The Labute approximate surface area is 211 Å². The first-order chi connectivity index (χ1) is 16.7. The fourth-order valence-corrected chi connectivity index (χ4v) is 5.75. The summed E-state index contributed by atoms with van der Waals surface area (Å²) in [5.41, 5.74) is 3.67. The van der Waals surface area contributed by atoms with Gasteiger partial charge in [-0.1, -0.05) is 59.1 Å². The number of nitrogens with one attached hydrogen (secondary N) is 1. The molecular formula is C28H25BrN2O2S. The zero-order valence-corrected chi connectivity index (χ0v) is 21.1. The molecule has 4 aromatic rings. The van der Waals surface area contributed by atoms with E-state index >= 15 is 0 Å². The van der Waals surface area contributed by atoms with Gasteiger partial charge in [-0.25, -0.2) is 4.99 Å². The summed E-state index contributed by atoms with van der Waals surface area (Å²) >= 11 is 5.11. The highest BCUT2D eigenvalue weighted by molar-refractivity contribution is 9.10. The second-order valence-electron chi connectivity index (χ2n) is 8.39. The summed E-state index contributed by atoms with van der Waals surface area (Å²) in [6, 6.07) is 21.5. The van der Waals surface area contributed by atoms with Crippen molar-refractivity contribution in [1.29, 1.82) is 0 Å². The Morgan fingerprint density at radius 2 is 1.71 bits per heavy atom. The Morgan fingerprint density at radius 1 is 0.941 bits per heavy atom. The Bertz CT molecular complexity index is 1310. The molecule has 34 heavy (non-hydrogen) atoms. The number of carbonyl (C=O) groups excluding carboxylic acids is 1. The highest BCUT2D eigenvalue weighted by Crippen LogP contribution is 2.39. The number of hydrogen-bond donors (Lipinski definition) is 1. The molecule has 6 heteroatoms. The van der Waals surface area contributed by atoms with Gasteiger partial charge in [-0.05, 0) is 67.6 Å². The van der Waals surface area contributed by atoms with Crippen LogP contribution in [0.25, 0.3) is 11.3 Å². The minimum atomic E-state index is -0.0913. The lowest BCUT2D eigenvalue weighted by atomic mass is 9.96. The molecule has 1 aliphatic rings. The molecule has 172 valence electrons. The maximum absolute atomic E-state index is 13.4. The van der Waals surface area contributed by atoms with E-state index in [0.29, 0.717) is 11.3 Å². The largest absolute Gasteiger partial charge is 0.455 e. The summed E-state index contributed by atoms with van der Waals surface area (Å²) in [4.78, 5) is 19.4. The molecular weight excluding hydrogens is 508 g/mol. The fourth-order valence-electron chi connectivity index (χ4n) is 4.26. The number of halogens is 1. The number of nitrogens with zero attached hydrogens (tertiary/aromatic N) is 1. The van der Waals surface area contributed by atoms with Gasteiger partial charge in [0.25, 0.3) is 5.91 Å². The first kappa shape index (κ1) is 22.8. The maximum Gasteiger partial charge on any atom is 0.259 e. The van der Waals surface area contributed by atoms with Gasteiger partial charge in [-0.15, -0.1) is 11.3 Å². The number of benzene rings is 2. The van der Waals surface area contributed by atoms with E-state index in [4.69, 9.17) is 9.41 Å². The van der Waals surface area contributed by atoms with E-state index in [9.17, 15) is 4.79 Å². The minimum Gasteiger partial charge on any atom is -0.455 e. The fraction of sp³-hybridized carbons (Fsp3) is 0.214. The lowest BCUT2D eigenvalue weighted by molar-refractivity contribution is 0.102. The number of rotatable bonds is 5. The Morgan fingerprint density at radius 3 is 2.50 bits per heavy atom. The van der Waals surface area contributed by atoms with Crippen molar-refractivity contribution in [1.82, 2.24) is 0 Å². The lowest BCUT2D eigenvalue weighted by Crippen LogP contribution is -2.14. The molecule has 1 aliphatic carbocycles. The van der Waals surface area contributed by atoms with E-state index in [2.05, 4.69) is 21.2 Å². The third-order valence-electron chi connectivity index (χ3n) is 5.98. The topological polar surface area (TPSA) is 54.6 Å². The average molecular weight is 533 g/mol. The second-order valence-corrected chi connectivity index (χ2v) is 10.4. The number of aryl methyl sites for hydroxylation is 1. The third-order valence-corrected chi connectivity index (χ3v) is 7.70. The smallest absolute Gasteiger partial charge is 0.259 e. The molecule has 1 N–H and O–H groups in total. The second kappa shape index (κ2) is 10.5. The van der Waals surface area contributed by atoms with Crippen LogP contribution in [0.4, 0.5) is 10.7 Å². The van der Waals surface area contributed by atoms with Gasteiger partial charge in [-0.2, -0.15) is 0 Å². The number of anilines is 1. The van der Waals surface area contributed by atoms with Gasteiger partial charge in [0, 0.05) is 20.6 Å². The lowest BCUT2D eigenvalue weighted by Gasteiger charge is -2.11. The Balaban J connectivity index is 1.45. The van der Waals surface area contributed by atoms with E-state index in [1.165, 1.54) is 23.3 Å². The van der Waals surface area contributed by atoms with Crippen LogP contribution in [0, 0.1) is 0 Å². The Kier molecular flexibility index (Phi) is 7.07. The number of fused-ring (bicyclic) bond motifs is 1. The van der Waals surface area contributed by atoms with E-state index in [1.807, 2.05) is 66.7 Å². The maximum atomic E-state index is 13.4. The average Bonchev–Trinajstić information content (AvgIpc) is 3.43. The van der Waals surface area contributed by atoms with E-state index < -0.39 is 0 Å². The van der Waals surface area contributed by atoms with Gasteiger partial charge >= 0.3 is 0 Å². The van der Waals surface area contributed by atoms with Crippen LogP contribution < -0.4 is 5.32 Å². The molecule has 0 atom stereocenters. The van der Waals surface area contributed by atoms with Crippen molar-refractivity contribution < 1.29 is 9.21 Å². The summed E-state index contributed by atoms with van der Waals surface area (Å²) in [5.74, 6) is 1.36. The van der Waals surface area contributed by atoms with E-state index in [0.717, 1.165) is 52.2 Å². The molecule has 0 aliphatic heterocycles. The molecule has 0 bridgehead atoms. The summed E-state index contributed by atoms with van der Waals surface area (Å²) in [6.45, 7) is 0. The first-order valence-corrected chi connectivity index (χ1v) is 13.2. The highest BCUT2D eigenvalue weighted by atomic mass is 79.9. The van der Waals surface area contributed by atoms with Crippen LogP contribution in [0.5, 0.6) is 0 Å².